The summed E-state index contributed by atoms with van der Waals surface area (Å²) in [6.45, 7) is 4.75. The van der Waals surface area contributed by atoms with Gasteiger partial charge in [0.25, 0.3) is 0 Å². The second-order valence-electron chi connectivity index (χ2n) is 7.61. The Labute approximate surface area is 186 Å². The summed E-state index contributed by atoms with van der Waals surface area (Å²) >= 11 is 0. The molecule has 33 heavy (non-hydrogen) atoms. The average molecular weight is 465 g/mol. The second kappa shape index (κ2) is 8.26. The highest BCUT2D eigenvalue weighted by molar-refractivity contribution is 5.88. The lowest BCUT2D eigenvalue weighted by molar-refractivity contribution is -0.142. The highest BCUT2D eigenvalue weighted by Gasteiger charge is 2.37. The Hall–Kier alpha value is -3.84. The Morgan fingerprint density at radius 1 is 1.24 bits per heavy atom. The van der Waals surface area contributed by atoms with Crippen LogP contribution >= 0.6 is 0 Å². The van der Waals surface area contributed by atoms with Crippen molar-refractivity contribution in [2.24, 2.45) is 0 Å². The molecule has 0 aromatic carbocycles. The van der Waals surface area contributed by atoms with Crippen molar-refractivity contribution in [2.75, 3.05) is 42.7 Å². The number of rotatable bonds is 3. The fourth-order valence-electron chi connectivity index (χ4n) is 3.69. The third-order valence-corrected chi connectivity index (χ3v) is 5.30. The van der Waals surface area contributed by atoms with E-state index in [9.17, 15) is 18.0 Å². The first-order valence-electron chi connectivity index (χ1n) is 10.0. The van der Waals surface area contributed by atoms with E-state index >= 15 is 0 Å². The van der Waals surface area contributed by atoms with Gasteiger partial charge in [-0.3, -0.25) is 5.32 Å². The number of piperazine rings is 1. The minimum atomic E-state index is -4.72. The molecule has 0 bridgehead atoms. The molecule has 2 amide bonds. The zero-order valence-corrected chi connectivity index (χ0v) is 18.1. The highest BCUT2D eigenvalue weighted by atomic mass is 19.4. The van der Waals surface area contributed by atoms with Gasteiger partial charge in [-0.2, -0.15) is 32.8 Å². The molecule has 11 nitrogen and oxygen atoms in total. The van der Waals surface area contributed by atoms with Gasteiger partial charge in [0.1, 0.15) is 11.6 Å². The Morgan fingerprint density at radius 3 is 2.67 bits per heavy atom. The van der Waals surface area contributed by atoms with Crippen molar-refractivity contribution < 1.29 is 22.7 Å². The van der Waals surface area contributed by atoms with Gasteiger partial charge < -0.3 is 20.3 Å². The number of anilines is 3. The third kappa shape index (κ3) is 4.27. The van der Waals surface area contributed by atoms with E-state index in [1.807, 2.05) is 18.7 Å². The lowest BCUT2D eigenvalue weighted by Crippen LogP contribution is -2.55. The van der Waals surface area contributed by atoms with Gasteiger partial charge in [-0.25, -0.2) is 9.78 Å². The number of nitrogens with zero attached hydrogens (tertiary/aromatic N) is 7. The van der Waals surface area contributed by atoms with Gasteiger partial charge in [0.2, 0.25) is 11.9 Å². The van der Waals surface area contributed by atoms with Crippen molar-refractivity contribution in [3.05, 3.63) is 29.6 Å². The van der Waals surface area contributed by atoms with Crippen molar-refractivity contribution in [1.29, 1.82) is 0 Å². The molecule has 3 aromatic heterocycles. The predicted octanol–water partition coefficient (Wildman–Crippen LogP) is 2.18. The van der Waals surface area contributed by atoms with E-state index in [2.05, 4.69) is 25.4 Å². The molecular weight excluding hydrogens is 443 g/mol. The molecule has 176 valence electrons. The SMILES string of the molecule is COc1ccc(NC(=O)N2CCN(c3nc(N)nc4c(C)cnn34)[C@@H](C)C2)nc1C(F)(F)F. The monoisotopic (exact) mass is 465 g/mol. The van der Waals surface area contributed by atoms with Crippen LogP contribution in [0.5, 0.6) is 5.75 Å². The molecule has 0 aliphatic carbocycles. The molecule has 14 heteroatoms. The number of nitrogens with two attached hydrogens (primary N) is 1. The van der Waals surface area contributed by atoms with Crippen molar-refractivity contribution >= 4 is 29.4 Å². The zero-order chi connectivity index (χ0) is 23.9. The quantitative estimate of drug-likeness (QED) is 0.603. The maximum absolute atomic E-state index is 13.2. The van der Waals surface area contributed by atoms with Gasteiger partial charge in [0.15, 0.2) is 11.3 Å². The van der Waals surface area contributed by atoms with Gasteiger partial charge in [0.05, 0.1) is 13.3 Å². The second-order valence-corrected chi connectivity index (χ2v) is 7.61. The molecule has 0 spiro atoms. The van der Waals surface area contributed by atoms with Crippen LogP contribution in [0, 0.1) is 6.92 Å². The van der Waals surface area contributed by atoms with Crippen molar-refractivity contribution in [1.82, 2.24) is 29.5 Å². The summed E-state index contributed by atoms with van der Waals surface area (Å²) in [5.74, 6) is -0.0307. The highest BCUT2D eigenvalue weighted by Crippen LogP contribution is 2.35. The predicted molar refractivity (Wildman–Crippen MR) is 113 cm³/mol. The summed E-state index contributed by atoms with van der Waals surface area (Å²) in [5, 5.41) is 6.74. The summed E-state index contributed by atoms with van der Waals surface area (Å²) in [6, 6.07) is 1.63. The van der Waals surface area contributed by atoms with E-state index in [4.69, 9.17) is 10.5 Å². The number of aryl methyl sites for hydroxylation is 1. The first-order chi connectivity index (χ1) is 15.6. The van der Waals surface area contributed by atoms with Gasteiger partial charge in [-0.05, 0) is 26.0 Å². The number of halogens is 3. The number of nitrogens with one attached hydrogen (secondary N) is 1. The van der Waals surface area contributed by atoms with E-state index in [-0.39, 0.29) is 17.8 Å². The standard InChI is InChI=1S/C19H22F3N9O2/c1-10-8-24-31-15(10)27-16(23)28-17(31)30-7-6-29(9-11(30)2)18(32)26-13-5-4-12(33-3)14(25-13)19(20,21)22/h4-5,8,11H,6-7,9H2,1-3H3,(H2,23,27)(H,25,26,32)/t11-/m0/s1. The number of carbonyl (C=O) groups is 1. The number of methoxy groups -OCH3 is 1. The van der Waals surface area contributed by atoms with Crippen LogP contribution in [0.2, 0.25) is 0 Å². The summed E-state index contributed by atoms with van der Waals surface area (Å²) in [5.41, 5.74) is 6.10. The number of aromatic nitrogens is 5. The number of ether oxygens (including phenoxy) is 1. The minimum absolute atomic E-state index is 0.111. The first kappa shape index (κ1) is 22.4. The molecule has 4 heterocycles. The van der Waals surface area contributed by atoms with Gasteiger partial charge in [-0.1, -0.05) is 0 Å². The van der Waals surface area contributed by atoms with Crippen molar-refractivity contribution in [2.45, 2.75) is 26.1 Å². The summed E-state index contributed by atoms with van der Waals surface area (Å²) < 4.78 is 45.9. The van der Waals surface area contributed by atoms with Gasteiger partial charge in [0, 0.05) is 31.2 Å². The number of alkyl halides is 3. The Balaban J connectivity index is 1.49. The average Bonchev–Trinajstić information content (AvgIpc) is 3.13. The topological polar surface area (TPSA) is 127 Å². The number of carbonyl (C=O) groups excluding carboxylic acids is 1. The molecule has 0 radical (unpaired) electrons. The van der Waals surface area contributed by atoms with Crippen LogP contribution in [-0.4, -0.2) is 68.3 Å². The number of pyridine rings is 1. The lowest BCUT2D eigenvalue weighted by Gasteiger charge is -2.40. The normalized spacial score (nSPS) is 16.8. The van der Waals surface area contributed by atoms with Crippen molar-refractivity contribution in [3.8, 4) is 5.75 Å². The molecule has 0 saturated carbocycles. The van der Waals surface area contributed by atoms with Gasteiger partial charge >= 0.3 is 12.2 Å². The van der Waals surface area contributed by atoms with Crippen LogP contribution in [0.15, 0.2) is 18.3 Å². The van der Waals surface area contributed by atoms with E-state index in [0.717, 1.165) is 18.7 Å². The maximum Gasteiger partial charge on any atom is 0.437 e. The molecule has 3 N–H and O–H groups in total. The summed E-state index contributed by atoms with van der Waals surface area (Å²) in [4.78, 5) is 28.2. The van der Waals surface area contributed by atoms with Crippen LogP contribution in [0.3, 0.4) is 0 Å². The molecule has 1 fully saturated rings. The van der Waals surface area contributed by atoms with Crippen LogP contribution in [0.4, 0.5) is 35.7 Å². The van der Waals surface area contributed by atoms with Crippen LogP contribution < -0.4 is 20.7 Å². The number of urea groups is 1. The molecule has 1 aliphatic heterocycles. The summed E-state index contributed by atoms with van der Waals surface area (Å²) in [6.07, 6.45) is -3.06. The largest absolute Gasteiger partial charge is 0.494 e. The van der Waals surface area contributed by atoms with E-state index in [1.165, 1.54) is 11.0 Å². The molecule has 3 aromatic rings. The molecular formula is C19H22F3N9O2. The maximum atomic E-state index is 13.2. The van der Waals surface area contributed by atoms with Crippen LogP contribution in [0.1, 0.15) is 18.2 Å². The molecule has 4 rings (SSSR count). The van der Waals surface area contributed by atoms with E-state index in [1.54, 1.807) is 10.7 Å². The molecule has 1 atom stereocenters. The Morgan fingerprint density at radius 2 is 2.00 bits per heavy atom. The Bertz CT molecular complexity index is 1200. The van der Waals surface area contributed by atoms with Crippen LogP contribution in [-0.2, 0) is 6.18 Å². The lowest BCUT2D eigenvalue weighted by atomic mass is 10.2. The smallest absolute Gasteiger partial charge is 0.437 e. The fraction of sp³-hybridized carbons (Fsp3) is 0.421. The number of nitrogen functional groups attached to an aromatic ring is 1. The third-order valence-electron chi connectivity index (χ3n) is 5.30. The fourth-order valence-corrected chi connectivity index (χ4v) is 3.69. The molecule has 1 aliphatic rings. The first-order valence-corrected chi connectivity index (χ1v) is 10.0. The van der Waals surface area contributed by atoms with E-state index < -0.39 is 23.7 Å². The van der Waals surface area contributed by atoms with E-state index in [0.29, 0.717) is 31.2 Å². The molecule has 1 saturated heterocycles. The summed E-state index contributed by atoms with van der Waals surface area (Å²) in [7, 11) is 1.12. The van der Waals surface area contributed by atoms with Crippen molar-refractivity contribution in [3.63, 3.8) is 0 Å². The minimum Gasteiger partial charge on any atom is -0.494 e. The number of amides is 2. The number of fused-ring (bicyclic) bond motifs is 1. The number of hydrogen-bond donors (Lipinski definition) is 2. The Kier molecular flexibility index (Phi) is 5.59. The number of hydrogen-bond acceptors (Lipinski definition) is 8. The molecule has 0 unspecified atom stereocenters. The van der Waals surface area contributed by atoms with Gasteiger partial charge in [-0.15, -0.1) is 0 Å². The zero-order valence-electron chi connectivity index (χ0n) is 18.1. The van der Waals surface area contributed by atoms with Crippen LogP contribution in [0.25, 0.3) is 5.65 Å².